The first-order valence-electron chi connectivity index (χ1n) is 9.98. The van der Waals surface area contributed by atoms with Crippen molar-refractivity contribution in [3.63, 3.8) is 0 Å². The van der Waals surface area contributed by atoms with E-state index in [1.807, 2.05) is 18.5 Å². The highest BCUT2D eigenvalue weighted by Gasteiger charge is 2.41. The van der Waals surface area contributed by atoms with Gasteiger partial charge in [0, 0.05) is 44.2 Å². The molecule has 0 unspecified atom stereocenters. The Balaban J connectivity index is 1.28. The Morgan fingerprint density at radius 2 is 1.90 bits per heavy atom. The van der Waals surface area contributed by atoms with Crippen molar-refractivity contribution in [1.82, 2.24) is 19.7 Å². The number of aromatic nitrogens is 3. The van der Waals surface area contributed by atoms with E-state index in [0.29, 0.717) is 12.0 Å². The van der Waals surface area contributed by atoms with Gasteiger partial charge in [0.2, 0.25) is 0 Å². The van der Waals surface area contributed by atoms with Crippen molar-refractivity contribution in [3.8, 4) is 0 Å². The molecule has 0 bridgehead atoms. The molecule has 0 amide bonds. The van der Waals surface area contributed by atoms with Crippen molar-refractivity contribution in [3.05, 3.63) is 35.7 Å². The molecule has 0 saturated carbocycles. The van der Waals surface area contributed by atoms with E-state index in [2.05, 4.69) is 20.0 Å². The van der Waals surface area contributed by atoms with Gasteiger partial charge in [-0.15, -0.1) is 10.2 Å². The Bertz CT molecular complexity index is 836. The van der Waals surface area contributed by atoms with Gasteiger partial charge in [-0.3, -0.25) is 0 Å². The third kappa shape index (κ3) is 4.40. The zero-order chi connectivity index (χ0) is 20.6. The average Bonchev–Trinajstić information content (AvgIpc) is 3.34. The molecule has 158 valence electrons. The maximum atomic E-state index is 12.8. The van der Waals surface area contributed by atoms with Crippen LogP contribution in [-0.4, -0.2) is 57.6 Å². The van der Waals surface area contributed by atoms with E-state index in [-0.39, 0.29) is 0 Å². The molecule has 29 heavy (non-hydrogen) atoms. The van der Waals surface area contributed by atoms with Crippen molar-refractivity contribution in [1.29, 1.82) is 0 Å². The van der Waals surface area contributed by atoms with Crippen LogP contribution in [0.25, 0.3) is 0 Å². The lowest BCUT2D eigenvalue weighted by atomic mass is 10.0. The predicted octanol–water partition coefficient (Wildman–Crippen LogP) is 3.84. The molecular formula is C20H26F3N5S. The Morgan fingerprint density at radius 3 is 2.55 bits per heavy atom. The second-order valence-corrected chi connectivity index (χ2v) is 8.97. The number of benzene rings is 1. The van der Waals surface area contributed by atoms with Gasteiger partial charge in [0.1, 0.15) is 5.82 Å². The largest absolute Gasteiger partial charge is 0.416 e. The first kappa shape index (κ1) is 20.5. The molecule has 2 saturated heterocycles. The second-order valence-electron chi connectivity index (χ2n) is 7.90. The van der Waals surface area contributed by atoms with Crippen molar-refractivity contribution >= 4 is 17.4 Å². The number of fused-ring (bicyclic) bond motifs is 1. The minimum Gasteiger partial charge on any atom is -0.367 e. The molecule has 2 aliphatic rings. The minimum absolute atomic E-state index is 0.403. The number of aryl methyl sites for hydroxylation is 1. The molecule has 0 radical (unpaired) electrons. The third-order valence-electron chi connectivity index (χ3n) is 6.05. The first-order valence-corrected chi connectivity index (χ1v) is 11.0. The van der Waals surface area contributed by atoms with Gasteiger partial charge in [0.05, 0.1) is 5.56 Å². The van der Waals surface area contributed by atoms with Gasteiger partial charge in [-0.1, -0.05) is 11.8 Å². The molecule has 0 spiro atoms. The van der Waals surface area contributed by atoms with E-state index in [1.165, 1.54) is 12.1 Å². The molecule has 0 aliphatic carbocycles. The van der Waals surface area contributed by atoms with Gasteiger partial charge in [0.15, 0.2) is 5.16 Å². The van der Waals surface area contributed by atoms with Gasteiger partial charge in [0.25, 0.3) is 0 Å². The fourth-order valence-electron chi connectivity index (χ4n) is 4.36. The fourth-order valence-corrected chi connectivity index (χ4v) is 5.24. The SMILES string of the molecule is Cc1nnc(SCCCN2C[C@H]3CCN(c4ccc(C(F)(F)F)cc4)[C@H]3C2)n1C. The number of rotatable bonds is 6. The molecular weight excluding hydrogens is 399 g/mol. The second kappa shape index (κ2) is 8.18. The summed E-state index contributed by atoms with van der Waals surface area (Å²) in [7, 11) is 1.98. The van der Waals surface area contributed by atoms with Crippen LogP contribution in [0.4, 0.5) is 18.9 Å². The number of alkyl halides is 3. The lowest BCUT2D eigenvalue weighted by Gasteiger charge is -2.27. The fraction of sp³-hybridized carbons (Fsp3) is 0.600. The Hall–Kier alpha value is -1.74. The van der Waals surface area contributed by atoms with Crippen molar-refractivity contribution < 1.29 is 13.2 Å². The summed E-state index contributed by atoms with van der Waals surface area (Å²) >= 11 is 1.73. The molecule has 2 aromatic rings. The van der Waals surface area contributed by atoms with Crippen LogP contribution in [0.5, 0.6) is 0 Å². The standard InChI is InChI=1S/C20H26F3N5S/c1-14-24-25-19(26(14)2)29-11-3-9-27-12-15-8-10-28(18(15)13-27)17-6-4-16(5-7-17)20(21,22)23/h4-7,15,18H,3,8-13H2,1-2H3/t15-,18+/m1/s1. The van der Waals surface area contributed by atoms with Crippen molar-refractivity contribution in [2.45, 2.75) is 37.1 Å². The molecule has 2 atom stereocenters. The van der Waals surface area contributed by atoms with Gasteiger partial charge >= 0.3 is 6.18 Å². The van der Waals surface area contributed by atoms with Gasteiger partial charge < -0.3 is 14.4 Å². The molecule has 5 nitrogen and oxygen atoms in total. The highest BCUT2D eigenvalue weighted by molar-refractivity contribution is 7.99. The maximum absolute atomic E-state index is 12.8. The van der Waals surface area contributed by atoms with Crippen molar-refractivity contribution in [2.24, 2.45) is 13.0 Å². The molecule has 0 N–H and O–H groups in total. The molecule has 4 rings (SSSR count). The van der Waals surface area contributed by atoms with E-state index in [1.54, 1.807) is 23.9 Å². The summed E-state index contributed by atoms with van der Waals surface area (Å²) in [5.41, 5.74) is 0.321. The summed E-state index contributed by atoms with van der Waals surface area (Å²) in [6.45, 7) is 5.98. The number of thioether (sulfide) groups is 1. The highest BCUT2D eigenvalue weighted by atomic mass is 32.2. The number of hydrogen-bond donors (Lipinski definition) is 0. The first-order chi connectivity index (χ1) is 13.8. The lowest BCUT2D eigenvalue weighted by molar-refractivity contribution is -0.137. The number of anilines is 1. The van der Waals surface area contributed by atoms with Crippen molar-refractivity contribution in [2.75, 3.05) is 36.8 Å². The topological polar surface area (TPSA) is 37.2 Å². The summed E-state index contributed by atoms with van der Waals surface area (Å²) in [6.07, 6.45) is -2.09. The normalized spacial score (nSPS) is 22.4. The highest BCUT2D eigenvalue weighted by Crippen LogP contribution is 2.37. The number of hydrogen-bond acceptors (Lipinski definition) is 5. The van der Waals surface area contributed by atoms with Gasteiger partial charge in [-0.25, -0.2) is 0 Å². The third-order valence-corrected chi connectivity index (χ3v) is 7.16. The Labute approximate surface area is 173 Å². The van der Waals surface area contributed by atoms with Crippen LogP contribution in [0.1, 0.15) is 24.2 Å². The van der Waals surface area contributed by atoms with Crippen LogP contribution < -0.4 is 4.90 Å². The van der Waals surface area contributed by atoms with E-state index in [9.17, 15) is 13.2 Å². The van der Waals surface area contributed by atoms with Crippen LogP contribution in [0.2, 0.25) is 0 Å². The molecule has 2 aliphatic heterocycles. The smallest absolute Gasteiger partial charge is 0.367 e. The van der Waals surface area contributed by atoms with Gasteiger partial charge in [-0.05, 0) is 56.5 Å². The monoisotopic (exact) mass is 425 g/mol. The Morgan fingerprint density at radius 1 is 1.14 bits per heavy atom. The summed E-state index contributed by atoms with van der Waals surface area (Å²) in [6, 6.07) is 6.03. The van der Waals surface area contributed by atoms with Crippen LogP contribution in [0.3, 0.4) is 0 Å². The summed E-state index contributed by atoms with van der Waals surface area (Å²) in [5.74, 6) is 2.52. The Kier molecular flexibility index (Phi) is 5.79. The lowest BCUT2D eigenvalue weighted by Crippen LogP contribution is -2.35. The van der Waals surface area contributed by atoms with Crippen LogP contribution >= 0.6 is 11.8 Å². The van der Waals surface area contributed by atoms with Gasteiger partial charge in [-0.2, -0.15) is 13.2 Å². The number of halogens is 3. The average molecular weight is 426 g/mol. The summed E-state index contributed by atoms with van der Waals surface area (Å²) in [4.78, 5) is 4.79. The quantitative estimate of drug-likeness (QED) is 0.519. The van der Waals surface area contributed by atoms with E-state index in [0.717, 1.165) is 61.4 Å². The minimum atomic E-state index is -4.28. The zero-order valence-electron chi connectivity index (χ0n) is 16.7. The van der Waals surface area contributed by atoms with E-state index < -0.39 is 11.7 Å². The summed E-state index contributed by atoms with van der Waals surface area (Å²) in [5, 5.41) is 9.21. The molecule has 1 aromatic carbocycles. The predicted molar refractivity (Wildman–Crippen MR) is 108 cm³/mol. The summed E-state index contributed by atoms with van der Waals surface area (Å²) < 4.78 is 40.4. The zero-order valence-corrected chi connectivity index (χ0v) is 17.5. The number of likely N-dealkylation sites (tertiary alicyclic amines) is 1. The molecule has 3 heterocycles. The van der Waals surface area contributed by atoms with Crippen LogP contribution in [0, 0.1) is 12.8 Å². The van der Waals surface area contributed by atoms with Crippen LogP contribution in [-0.2, 0) is 13.2 Å². The van der Waals surface area contributed by atoms with E-state index in [4.69, 9.17) is 0 Å². The maximum Gasteiger partial charge on any atom is 0.416 e. The van der Waals surface area contributed by atoms with Crippen LogP contribution in [0.15, 0.2) is 29.4 Å². The number of nitrogens with zero attached hydrogens (tertiary/aromatic N) is 5. The molecule has 2 fully saturated rings. The molecule has 1 aromatic heterocycles. The molecule has 9 heteroatoms. The van der Waals surface area contributed by atoms with E-state index >= 15 is 0 Å².